The molecule has 0 fully saturated rings. The summed E-state index contributed by atoms with van der Waals surface area (Å²) < 4.78 is 0. The molecule has 22 heavy (non-hydrogen) atoms. The van der Waals surface area contributed by atoms with Gasteiger partial charge in [0.1, 0.15) is 16.9 Å². The maximum absolute atomic E-state index is 12.1. The lowest BCUT2D eigenvalue weighted by molar-refractivity contribution is -0.113. The van der Waals surface area contributed by atoms with Crippen LogP contribution >= 0.6 is 23.4 Å². The molecule has 0 aliphatic carbocycles. The van der Waals surface area contributed by atoms with Crippen LogP contribution < -0.4 is 5.32 Å². The van der Waals surface area contributed by atoms with E-state index in [4.69, 9.17) is 11.6 Å². The predicted octanol–water partition coefficient (Wildman–Crippen LogP) is 3.05. The fraction of sp³-hybridized carbons (Fsp3) is 0.143. The number of imidazole rings is 1. The molecule has 0 unspecified atom stereocenters. The lowest BCUT2D eigenvalue weighted by atomic mass is 10.2. The van der Waals surface area contributed by atoms with Crippen molar-refractivity contribution in [2.24, 2.45) is 0 Å². The van der Waals surface area contributed by atoms with Gasteiger partial charge < -0.3 is 10.3 Å². The number of nitrogens with one attached hydrogen (secondary N) is 2. The van der Waals surface area contributed by atoms with E-state index in [1.54, 1.807) is 18.5 Å². The number of fused-ring (bicyclic) bond motifs is 1. The number of H-pyrrole nitrogens is 1. The first kappa shape index (κ1) is 14.8. The second kappa shape index (κ2) is 6.33. The van der Waals surface area contributed by atoms with Crippen LogP contribution in [0.15, 0.2) is 35.9 Å². The molecule has 1 amide bonds. The Hall–Kier alpha value is -2.12. The molecule has 0 saturated carbocycles. The number of nitrogens with zero attached hydrogens (tertiary/aromatic N) is 3. The van der Waals surface area contributed by atoms with E-state index in [0.29, 0.717) is 21.4 Å². The largest absolute Gasteiger partial charge is 0.341 e. The summed E-state index contributed by atoms with van der Waals surface area (Å²) in [5, 5.41) is 4.17. The molecule has 8 heteroatoms. The highest BCUT2D eigenvalue weighted by Crippen LogP contribution is 2.24. The van der Waals surface area contributed by atoms with E-state index in [1.807, 2.05) is 13.0 Å². The van der Waals surface area contributed by atoms with Crippen molar-refractivity contribution in [2.75, 3.05) is 11.1 Å². The lowest BCUT2D eigenvalue weighted by Gasteiger charge is -2.09. The zero-order chi connectivity index (χ0) is 15.5. The molecule has 1 aromatic carbocycles. The lowest BCUT2D eigenvalue weighted by Crippen LogP contribution is -2.15. The minimum atomic E-state index is -0.123. The smallest absolute Gasteiger partial charge is 0.234 e. The molecule has 2 aromatic heterocycles. The van der Waals surface area contributed by atoms with Crippen LogP contribution in [0, 0.1) is 6.92 Å². The molecule has 0 atom stereocenters. The van der Waals surface area contributed by atoms with Crippen molar-refractivity contribution in [1.82, 2.24) is 19.9 Å². The van der Waals surface area contributed by atoms with Crippen LogP contribution in [0.25, 0.3) is 11.2 Å². The number of halogens is 1. The number of hydrogen-bond donors (Lipinski definition) is 2. The average Bonchev–Trinajstić information content (AvgIpc) is 2.99. The Kier molecular flexibility index (Phi) is 4.26. The molecule has 6 nitrogen and oxygen atoms in total. The van der Waals surface area contributed by atoms with Crippen LogP contribution in [0.3, 0.4) is 0 Å². The van der Waals surface area contributed by atoms with E-state index in [9.17, 15) is 4.79 Å². The summed E-state index contributed by atoms with van der Waals surface area (Å²) >= 11 is 7.36. The average molecular weight is 334 g/mol. The Morgan fingerprint density at radius 1 is 1.36 bits per heavy atom. The maximum atomic E-state index is 12.1. The number of amides is 1. The van der Waals surface area contributed by atoms with Gasteiger partial charge in [-0.1, -0.05) is 29.4 Å². The van der Waals surface area contributed by atoms with Gasteiger partial charge in [-0.05, 0) is 24.6 Å². The van der Waals surface area contributed by atoms with Gasteiger partial charge in [0.15, 0.2) is 5.65 Å². The van der Waals surface area contributed by atoms with Crippen molar-refractivity contribution in [1.29, 1.82) is 0 Å². The third-order valence-corrected chi connectivity index (χ3v) is 4.47. The van der Waals surface area contributed by atoms with Crippen molar-refractivity contribution in [3.05, 3.63) is 41.4 Å². The van der Waals surface area contributed by atoms with Crippen LogP contribution in [-0.4, -0.2) is 31.6 Å². The van der Waals surface area contributed by atoms with Crippen molar-refractivity contribution in [3.63, 3.8) is 0 Å². The summed E-state index contributed by atoms with van der Waals surface area (Å²) in [6.07, 6.45) is 2.99. The number of rotatable bonds is 4. The molecule has 3 rings (SSSR count). The summed E-state index contributed by atoms with van der Waals surface area (Å²) in [4.78, 5) is 27.3. The van der Waals surface area contributed by atoms with Gasteiger partial charge in [0, 0.05) is 10.7 Å². The third kappa shape index (κ3) is 3.05. The number of hydrogen-bond acceptors (Lipinski definition) is 5. The highest BCUT2D eigenvalue weighted by atomic mass is 35.5. The molecule has 0 aliphatic heterocycles. The van der Waals surface area contributed by atoms with E-state index in [-0.39, 0.29) is 11.7 Å². The fourth-order valence-corrected chi connectivity index (χ4v) is 2.85. The Morgan fingerprint density at radius 2 is 2.23 bits per heavy atom. The quantitative estimate of drug-likeness (QED) is 0.566. The van der Waals surface area contributed by atoms with Crippen LogP contribution in [0.1, 0.15) is 5.56 Å². The molecule has 0 radical (unpaired) electrons. The summed E-state index contributed by atoms with van der Waals surface area (Å²) in [5.41, 5.74) is 2.89. The molecule has 0 saturated heterocycles. The van der Waals surface area contributed by atoms with Crippen molar-refractivity contribution >= 4 is 46.1 Å². The Bertz CT molecular complexity index is 835. The Morgan fingerprint density at radius 3 is 3.09 bits per heavy atom. The predicted molar refractivity (Wildman–Crippen MR) is 87.2 cm³/mol. The van der Waals surface area contributed by atoms with Gasteiger partial charge in [-0.3, -0.25) is 4.79 Å². The highest BCUT2D eigenvalue weighted by Gasteiger charge is 2.11. The van der Waals surface area contributed by atoms with Gasteiger partial charge in [-0.15, -0.1) is 0 Å². The van der Waals surface area contributed by atoms with Crippen LogP contribution in [-0.2, 0) is 4.79 Å². The first-order chi connectivity index (χ1) is 10.6. The second-order valence-electron chi connectivity index (χ2n) is 4.53. The normalized spacial score (nSPS) is 10.8. The fourth-order valence-electron chi connectivity index (χ4n) is 1.92. The number of benzene rings is 1. The number of aromatic amines is 1. The van der Waals surface area contributed by atoms with Crippen LogP contribution in [0.2, 0.25) is 5.02 Å². The molecule has 112 valence electrons. The van der Waals surface area contributed by atoms with Gasteiger partial charge in [0.25, 0.3) is 0 Å². The topological polar surface area (TPSA) is 83.6 Å². The number of carbonyl (C=O) groups excluding carboxylic acids is 1. The molecule has 0 spiro atoms. The zero-order valence-corrected chi connectivity index (χ0v) is 13.2. The minimum Gasteiger partial charge on any atom is -0.341 e. The third-order valence-electron chi connectivity index (χ3n) is 3.07. The first-order valence-corrected chi connectivity index (χ1v) is 7.83. The number of anilines is 1. The van der Waals surface area contributed by atoms with Crippen molar-refractivity contribution < 1.29 is 4.79 Å². The Labute approximate surface area is 135 Å². The zero-order valence-electron chi connectivity index (χ0n) is 11.6. The van der Waals surface area contributed by atoms with E-state index < -0.39 is 0 Å². The first-order valence-electron chi connectivity index (χ1n) is 6.47. The molecular weight excluding hydrogens is 322 g/mol. The molecule has 0 aliphatic rings. The second-order valence-corrected chi connectivity index (χ2v) is 5.90. The van der Waals surface area contributed by atoms with Gasteiger partial charge in [-0.2, -0.15) is 0 Å². The number of thioether (sulfide) groups is 1. The maximum Gasteiger partial charge on any atom is 0.234 e. The van der Waals surface area contributed by atoms with E-state index >= 15 is 0 Å². The molecular formula is C14H12ClN5OS. The van der Waals surface area contributed by atoms with Crippen molar-refractivity contribution in [3.8, 4) is 0 Å². The van der Waals surface area contributed by atoms with Gasteiger partial charge in [0.05, 0.1) is 12.1 Å². The summed E-state index contributed by atoms with van der Waals surface area (Å²) in [7, 11) is 0. The van der Waals surface area contributed by atoms with Gasteiger partial charge >= 0.3 is 0 Å². The van der Waals surface area contributed by atoms with E-state index in [1.165, 1.54) is 18.1 Å². The van der Waals surface area contributed by atoms with Crippen LogP contribution in [0.5, 0.6) is 0 Å². The van der Waals surface area contributed by atoms with Crippen LogP contribution in [0.4, 0.5) is 5.69 Å². The number of carbonyl (C=O) groups is 1. The minimum absolute atomic E-state index is 0.123. The van der Waals surface area contributed by atoms with E-state index in [2.05, 4.69) is 25.3 Å². The SMILES string of the molecule is Cc1c(Cl)cccc1NC(=O)CSc1ncnc2nc[nH]c12. The summed E-state index contributed by atoms with van der Waals surface area (Å²) in [5.74, 6) is 0.110. The number of aromatic nitrogens is 4. The Balaban J connectivity index is 1.68. The molecule has 0 bridgehead atoms. The van der Waals surface area contributed by atoms with E-state index in [0.717, 1.165) is 11.1 Å². The highest BCUT2D eigenvalue weighted by molar-refractivity contribution is 8.00. The monoisotopic (exact) mass is 333 g/mol. The summed E-state index contributed by atoms with van der Waals surface area (Å²) in [6.45, 7) is 1.86. The standard InChI is InChI=1S/C14H12ClN5OS/c1-8-9(15)3-2-4-10(8)20-11(21)5-22-14-12-13(17-6-16-12)18-7-19-14/h2-4,6-7H,5H2,1H3,(H,20,21)(H,16,17,18,19). The van der Waals surface area contributed by atoms with Crippen molar-refractivity contribution in [2.45, 2.75) is 11.9 Å². The molecule has 2 N–H and O–H groups in total. The molecule has 2 heterocycles. The van der Waals surface area contributed by atoms with Gasteiger partial charge in [0.2, 0.25) is 5.91 Å². The molecule has 3 aromatic rings. The van der Waals surface area contributed by atoms with Gasteiger partial charge in [-0.25, -0.2) is 15.0 Å². The summed E-state index contributed by atoms with van der Waals surface area (Å²) in [6, 6.07) is 5.41.